The van der Waals surface area contributed by atoms with Gasteiger partial charge in [0.2, 0.25) is 0 Å². The van der Waals surface area contributed by atoms with E-state index in [0.29, 0.717) is 56.4 Å². The van der Waals surface area contributed by atoms with Gasteiger partial charge in [0.15, 0.2) is 61.1 Å². The lowest BCUT2D eigenvalue weighted by atomic mass is 9.49. The SMILES string of the molecule is COc1cc(C(=O)O)c([S+](c2cc(F)c(F)c(F)c2)c2cc(F)c(F)c(F)c2)c(C)c1OC(=O)C12CC3CC(C1)C(=O)C(C3)C2. The van der Waals surface area contributed by atoms with Crippen molar-refractivity contribution in [3.63, 3.8) is 0 Å². The third kappa shape index (κ3) is 5.04. The van der Waals surface area contributed by atoms with E-state index < -0.39 is 78.5 Å². The maximum atomic E-state index is 14.5. The van der Waals surface area contributed by atoms with E-state index in [0.717, 1.165) is 6.07 Å². The van der Waals surface area contributed by atoms with E-state index in [9.17, 15) is 45.8 Å². The van der Waals surface area contributed by atoms with Crippen LogP contribution in [0.4, 0.5) is 26.3 Å². The zero-order chi connectivity index (χ0) is 32.5. The monoisotopic (exact) mass is 651 g/mol. The number of aromatic carboxylic acids is 1. The molecule has 13 heteroatoms. The summed E-state index contributed by atoms with van der Waals surface area (Å²) in [5.74, 6) is -13.3. The van der Waals surface area contributed by atoms with Crippen molar-refractivity contribution in [1.29, 1.82) is 0 Å². The molecule has 0 saturated heterocycles. The topological polar surface area (TPSA) is 89.9 Å². The van der Waals surface area contributed by atoms with Gasteiger partial charge in [-0.05, 0) is 44.9 Å². The molecule has 4 bridgehead atoms. The Balaban J connectivity index is 1.55. The Labute approximate surface area is 255 Å². The van der Waals surface area contributed by atoms with Gasteiger partial charge in [0.25, 0.3) is 0 Å². The fourth-order valence-electron chi connectivity index (χ4n) is 7.32. The molecule has 45 heavy (non-hydrogen) atoms. The van der Waals surface area contributed by atoms with Crippen LogP contribution in [-0.4, -0.2) is 29.9 Å². The summed E-state index contributed by atoms with van der Waals surface area (Å²) in [6, 6.07) is 3.13. The van der Waals surface area contributed by atoms with Crippen molar-refractivity contribution < 1.29 is 55.3 Å². The largest absolute Gasteiger partial charge is 0.493 e. The molecule has 0 aliphatic heterocycles. The van der Waals surface area contributed by atoms with Gasteiger partial charge in [-0.15, -0.1) is 0 Å². The minimum absolute atomic E-state index is 0.0977. The van der Waals surface area contributed by atoms with Crippen molar-refractivity contribution >= 4 is 28.6 Å². The standard InChI is InChI=1S/C32H24F6O6S/c1-13-28(44-31(42)32-10-14-3-15(11-32)27(39)16(4-14)12-32)24(43-2)9-19(30(40)41)29(13)45(17-5-20(33)25(37)21(34)6-17)18-7-22(35)26(38)23(36)8-18/h5-9,14-16H,3-4,10-12H2,1-2H3/p+1. The number of halogens is 6. The molecule has 3 aromatic carbocycles. The van der Waals surface area contributed by atoms with Crippen LogP contribution >= 0.6 is 0 Å². The van der Waals surface area contributed by atoms with Crippen LogP contribution in [0.15, 0.2) is 45.0 Å². The Morgan fingerprint density at radius 3 is 1.78 bits per heavy atom. The number of carboxylic acids is 1. The number of carbonyl (C=O) groups is 3. The smallest absolute Gasteiger partial charge is 0.341 e. The molecule has 0 spiro atoms. The van der Waals surface area contributed by atoms with Gasteiger partial charge in [-0.3, -0.25) is 9.59 Å². The van der Waals surface area contributed by atoms with E-state index in [4.69, 9.17) is 9.47 Å². The number of methoxy groups -OCH3 is 1. The summed E-state index contributed by atoms with van der Waals surface area (Å²) in [7, 11) is -0.941. The van der Waals surface area contributed by atoms with Crippen molar-refractivity contribution in [3.05, 3.63) is 76.4 Å². The number of carbonyl (C=O) groups excluding carboxylic acids is 2. The predicted molar refractivity (Wildman–Crippen MR) is 146 cm³/mol. The maximum Gasteiger partial charge on any atom is 0.341 e. The molecule has 0 heterocycles. The van der Waals surface area contributed by atoms with Crippen LogP contribution in [0, 0.1) is 65.0 Å². The second-order valence-electron chi connectivity index (χ2n) is 11.8. The summed E-state index contributed by atoms with van der Waals surface area (Å²) in [4.78, 5) is 38.0. The molecule has 0 radical (unpaired) electrons. The zero-order valence-corrected chi connectivity index (χ0v) is 24.6. The van der Waals surface area contributed by atoms with Gasteiger partial charge in [-0.25, -0.2) is 31.1 Å². The summed E-state index contributed by atoms with van der Waals surface area (Å²) in [5, 5.41) is 10.2. The first-order chi connectivity index (χ1) is 21.2. The van der Waals surface area contributed by atoms with Gasteiger partial charge in [-0.1, -0.05) is 0 Å². The van der Waals surface area contributed by atoms with E-state index in [1.54, 1.807) is 0 Å². The average molecular weight is 652 g/mol. The summed E-state index contributed by atoms with van der Waals surface area (Å²) in [6.45, 7) is 1.32. The first-order valence-electron chi connectivity index (χ1n) is 14.0. The number of ether oxygens (including phenoxy) is 2. The van der Waals surface area contributed by atoms with Crippen molar-refractivity contribution in [2.45, 2.75) is 53.7 Å². The highest BCUT2D eigenvalue weighted by Gasteiger charge is 2.59. The Bertz CT molecular complexity index is 1670. The molecule has 2 unspecified atom stereocenters. The number of carboxylic acid groups (broad SMARTS) is 1. The predicted octanol–water partition coefficient (Wildman–Crippen LogP) is 6.93. The van der Waals surface area contributed by atoms with Gasteiger partial charge in [0.05, 0.1) is 18.1 Å². The number of rotatable bonds is 7. The third-order valence-electron chi connectivity index (χ3n) is 9.09. The van der Waals surface area contributed by atoms with Gasteiger partial charge in [-0.2, -0.15) is 0 Å². The molecule has 0 aromatic heterocycles. The molecule has 6 nitrogen and oxygen atoms in total. The summed E-state index contributed by atoms with van der Waals surface area (Å²) in [5.41, 5.74) is -1.62. The summed E-state index contributed by atoms with van der Waals surface area (Å²) >= 11 is 0. The zero-order valence-electron chi connectivity index (χ0n) is 23.8. The lowest BCUT2D eigenvalue weighted by Gasteiger charge is -2.53. The Kier molecular flexibility index (Phi) is 7.65. The number of benzene rings is 3. The number of hydrogen-bond acceptors (Lipinski definition) is 5. The van der Waals surface area contributed by atoms with E-state index in [1.807, 2.05) is 0 Å². The minimum Gasteiger partial charge on any atom is -0.493 e. The average Bonchev–Trinajstić information content (AvgIpc) is 2.98. The molecule has 2 atom stereocenters. The normalized spacial score (nSPS) is 23.5. The van der Waals surface area contributed by atoms with Crippen LogP contribution in [0.1, 0.15) is 48.0 Å². The maximum absolute atomic E-state index is 14.5. The van der Waals surface area contributed by atoms with Crippen molar-refractivity contribution in [3.8, 4) is 11.5 Å². The quantitative estimate of drug-likeness (QED) is 0.0980. The Hall–Kier alpha value is -4.00. The van der Waals surface area contributed by atoms with Crippen LogP contribution in [0.25, 0.3) is 0 Å². The molecule has 4 aliphatic rings. The summed E-state index contributed by atoms with van der Waals surface area (Å²) in [6.07, 6.45) is 2.49. The molecule has 7 rings (SSSR count). The number of esters is 1. The van der Waals surface area contributed by atoms with E-state index in [2.05, 4.69) is 0 Å². The first-order valence-corrected chi connectivity index (χ1v) is 15.2. The van der Waals surface area contributed by atoms with E-state index >= 15 is 0 Å². The third-order valence-corrected chi connectivity index (χ3v) is 11.4. The first kappa shape index (κ1) is 31.0. The lowest BCUT2D eigenvalue weighted by molar-refractivity contribution is -0.167. The fraction of sp³-hybridized carbons (Fsp3) is 0.344. The molecule has 0 amide bonds. The molecule has 236 valence electrons. The Morgan fingerprint density at radius 1 is 0.844 bits per heavy atom. The highest BCUT2D eigenvalue weighted by molar-refractivity contribution is 7.97. The Morgan fingerprint density at radius 2 is 1.33 bits per heavy atom. The van der Waals surface area contributed by atoms with Gasteiger partial charge in [0.1, 0.15) is 22.2 Å². The number of ketones is 1. The highest BCUT2D eigenvalue weighted by atomic mass is 32.2. The van der Waals surface area contributed by atoms with Gasteiger partial charge >= 0.3 is 11.9 Å². The van der Waals surface area contributed by atoms with Gasteiger partial charge < -0.3 is 14.6 Å². The van der Waals surface area contributed by atoms with Crippen LogP contribution in [-0.2, 0) is 20.5 Å². The molecular weight excluding hydrogens is 626 g/mol. The summed E-state index contributed by atoms with van der Waals surface area (Å²) < 4.78 is 97.4. The van der Waals surface area contributed by atoms with Crippen LogP contribution in [0.5, 0.6) is 11.5 Å². The second kappa shape index (κ2) is 11.1. The molecular formula is C32H25F6O6S+. The molecule has 3 aromatic rings. The number of hydrogen-bond donors (Lipinski definition) is 1. The van der Waals surface area contributed by atoms with Gasteiger partial charge in [0, 0.05) is 42.2 Å². The van der Waals surface area contributed by atoms with E-state index in [-0.39, 0.29) is 45.5 Å². The molecule has 1 N–H and O–H groups in total. The highest BCUT2D eigenvalue weighted by Crippen LogP contribution is 2.59. The molecule has 4 fully saturated rings. The minimum atomic E-state index is -2.13. The van der Waals surface area contributed by atoms with Crippen molar-refractivity contribution in [2.24, 2.45) is 23.2 Å². The van der Waals surface area contributed by atoms with Crippen molar-refractivity contribution in [1.82, 2.24) is 0 Å². The fourth-order valence-corrected chi connectivity index (χ4v) is 9.72. The van der Waals surface area contributed by atoms with Crippen LogP contribution in [0.2, 0.25) is 0 Å². The molecule has 4 aliphatic carbocycles. The van der Waals surface area contributed by atoms with Crippen LogP contribution in [0.3, 0.4) is 0 Å². The lowest BCUT2D eigenvalue weighted by Crippen LogP contribution is -2.55. The molecule has 4 saturated carbocycles. The number of Topliss-reactive ketones (excluding diaryl/α,β-unsaturated/α-hetero) is 1. The van der Waals surface area contributed by atoms with Crippen molar-refractivity contribution in [2.75, 3.05) is 7.11 Å². The van der Waals surface area contributed by atoms with E-state index in [1.165, 1.54) is 14.0 Å². The van der Waals surface area contributed by atoms with Crippen LogP contribution < -0.4 is 9.47 Å². The second-order valence-corrected chi connectivity index (χ2v) is 13.8.